The van der Waals surface area contributed by atoms with E-state index in [-0.39, 0.29) is 28.3 Å². The molecule has 0 bridgehead atoms. The van der Waals surface area contributed by atoms with Crippen LogP contribution in [0.4, 0.5) is 0 Å². The molecule has 2 saturated carbocycles. The van der Waals surface area contributed by atoms with E-state index in [1.54, 1.807) is 6.08 Å². The first-order valence-electron chi connectivity index (χ1n) is 10.6. The first-order valence-corrected chi connectivity index (χ1v) is 10.6. The highest BCUT2D eigenvalue weighted by Crippen LogP contribution is 2.65. The molecular weight excluding hydrogens is 324 g/mol. The molecule has 0 unspecified atom stereocenters. The molecule has 0 radical (unpaired) electrons. The van der Waals surface area contributed by atoms with Gasteiger partial charge in [-0.1, -0.05) is 34.1 Å². The van der Waals surface area contributed by atoms with Crippen molar-refractivity contribution in [2.75, 3.05) is 0 Å². The van der Waals surface area contributed by atoms with Gasteiger partial charge < -0.3 is 9.84 Å². The summed E-state index contributed by atoms with van der Waals surface area (Å²) < 4.78 is 6.71. The van der Waals surface area contributed by atoms with Crippen LogP contribution >= 0.6 is 0 Å². The van der Waals surface area contributed by atoms with Crippen LogP contribution in [0.5, 0.6) is 0 Å². The summed E-state index contributed by atoms with van der Waals surface area (Å²) in [5.41, 5.74) is -0.436. The number of hydrogen-bond acceptors (Lipinski definition) is 3. The molecule has 1 saturated heterocycles. The number of carbonyl (C=O) groups excluding carboxylic acids is 1. The van der Waals surface area contributed by atoms with Gasteiger partial charge in [-0.3, -0.25) is 4.79 Å². The second-order valence-electron chi connectivity index (χ2n) is 10.6. The number of hydrogen-bond donors (Lipinski definition) is 1. The number of ether oxygens (including phenoxy) is 1. The van der Waals surface area contributed by atoms with E-state index in [4.69, 9.17) is 4.74 Å². The van der Waals surface area contributed by atoms with E-state index in [1.807, 2.05) is 13.0 Å². The molecule has 2 aliphatic carbocycles. The van der Waals surface area contributed by atoms with Gasteiger partial charge in [0.2, 0.25) is 0 Å². The van der Waals surface area contributed by atoms with Crippen LogP contribution in [-0.4, -0.2) is 28.2 Å². The van der Waals surface area contributed by atoms with E-state index in [1.165, 1.54) is 19.3 Å². The van der Waals surface area contributed by atoms with Gasteiger partial charge >= 0.3 is 0 Å². The summed E-state index contributed by atoms with van der Waals surface area (Å²) in [7, 11) is 0. The minimum absolute atomic E-state index is 0.123. The number of rotatable bonds is 3. The summed E-state index contributed by atoms with van der Waals surface area (Å²) in [5.74, 6) is 0.949. The highest BCUT2D eigenvalue weighted by Gasteiger charge is 2.64. The van der Waals surface area contributed by atoms with Crippen LogP contribution in [-0.2, 0) is 9.53 Å². The molecule has 26 heavy (non-hydrogen) atoms. The monoisotopic (exact) mass is 362 g/mol. The van der Waals surface area contributed by atoms with Gasteiger partial charge in [-0.2, -0.15) is 0 Å². The number of fused-ring (bicyclic) bond motifs is 3. The first kappa shape index (κ1) is 20.1. The molecule has 3 fully saturated rings. The minimum atomic E-state index is -0.414. The third kappa shape index (κ3) is 3.20. The summed E-state index contributed by atoms with van der Waals surface area (Å²) in [5, 5.41) is 11.2. The standard InChI is InChI=1S/C23H38O3/c1-7-16(24)9-13-21(4)14-10-18-22(5)12-8-11-20(2,3)19(22)17(25)15-23(18,6)26-21/h9,13,17-19,25H,7-8,10-12,14-15H2,1-6H3/b13-9+/t17-,18-,19+,21-,22+,23+/m0/s1. The highest BCUT2D eigenvalue weighted by atomic mass is 16.5. The van der Waals surface area contributed by atoms with E-state index >= 15 is 0 Å². The van der Waals surface area contributed by atoms with E-state index in [9.17, 15) is 9.90 Å². The number of allylic oxidation sites excluding steroid dienone is 1. The molecule has 1 aliphatic heterocycles. The Bertz CT molecular complexity index is 594. The number of aliphatic hydroxyl groups excluding tert-OH is 1. The Labute approximate surface area is 159 Å². The number of carbonyl (C=O) groups is 1. The largest absolute Gasteiger partial charge is 0.393 e. The fourth-order valence-corrected chi connectivity index (χ4v) is 7.12. The predicted octanol–water partition coefficient (Wildman–Crippen LogP) is 5.06. The van der Waals surface area contributed by atoms with Gasteiger partial charge in [0.05, 0.1) is 17.3 Å². The van der Waals surface area contributed by atoms with Crippen molar-refractivity contribution < 1.29 is 14.6 Å². The second kappa shape index (κ2) is 6.44. The van der Waals surface area contributed by atoms with Gasteiger partial charge in [0.1, 0.15) is 0 Å². The molecule has 3 aliphatic rings. The number of ketones is 1. The summed E-state index contributed by atoms with van der Waals surface area (Å²) in [4.78, 5) is 11.7. The third-order valence-electron chi connectivity index (χ3n) is 7.99. The Morgan fingerprint density at radius 1 is 1.15 bits per heavy atom. The van der Waals surface area contributed by atoms with Crippen molar-refractivity contribution in [3.63, 3.8) is 0 Å². The highest BCUT2D eigenvalue weighted by molar-refractivity contribution is 5.89. The van der Waals surface area contributed by atoms with Gasteiger partial charge in [-0.25, -0.2) is 0 Å². The first-order chi connectivity index (χ1) is 12.0. The Balaban J connectivity index is 1.90. The molecule has 6 atom stereocenters. The van der Waals surface area contributed by atoms with Crippen molar-refractivity contribution in [3.05, 3.63) is 12.2 Å². The van der Waals surface area contributed by atoms with Crippen molar-refractivity contribution in [1.29, 1.82) is 0 Å². The van der Waals surface area contributed by atoms with Crippen molar-refractivity contribution in [2.45, 2.75) is 104 Å². The molecule has 0 spiro atoms. The lowest BCUT2D eigenvalue weighted by molar-refractivity contribution is -0.277. The molecule has 3 rings (SSSR count). The van der Waals surface area contributed by atoms with Crippen molar-refractivity contribution in [1.82, 2.24) is 0 Å². The lowest BCUT2D eigenvalue weighted by Crippen LogP contribution is -2.66. The van der Waals surface area contributed by atoms with E-state index in [0.29, 0.717) is 24.7 Å². The zero-order valence-corrected chi connectivity index (χ0v) is 17.6. The molecule has 3 nitrogen and oxygen atoms in total. The molecule has 1 N–H and O–H groups in total. The molecule has 0 aromatic carbocycles. The zero-order chi connectivity index (χ0) is 19.4. The summed E-state index contributed by atoms with van der Waals surface area (Å²) in [6, 6.07) is 0. The van der Waals surface area contributed by atoms with E-state index in [2.05, 4.69) is 34.6 Å². The maximum atomic E-state index is 11.7. The normalized spacial score (nSPS) is 48.0. The smallest absolute Gasteiger partial charge is 0.155 e. The second-order valence-corrected chi connectivity index (χ2v) is 10.6. The summed E-state index contributed by atoms with van der Waals surface area (Å²) >= 11 is 0. The number of aliphatic hydroxyl groups is 1. The fraction of sp³-hybridized carbons (Fsp3) is 0.870. The summed E-state index contributed by atoms with van der Waals surface area (Å²) in [6.07, 6.45) is 10.2. The maximum Gasteiger partial charge on any atom is 0.155 e. The lowest BCUT2D eigenvalue weighted by Gasteiger charge is -2.66. The van der Waals surface area contributed by atoms with Crippen molar-refractivity contribution >= 4 is 5.78 Å². The van der Waals surface area contributed by atoms with Gasteiger partial charge in [0.25, 0.3) is 0 Å². The van der Waals surface area contributed by atoms with E-state index < -0.39 is 5.60 Å². The van der Waals surface area contributed by atoms with Crippen LogP contribution in [0.1, 0.15) is 86.5 Å². The van der Waals surface area contributed by atoms with E-state index in [0.717, 1.165) is 12.8 Å². The topological polar surface area (TPSA) is 46.5 Å². The third-order valence-corrected chi connectivity index (χ3v) is 7.99. The maximum absolute atomic E-state index is 11.7. The Kier molecular flexibility index (Phi) is 4.98. The quantitative estimate of drug-likeness (QED) is 0.714. The van der Waals surface area contributed by atoms with Crippen LogP contribution in [0, 0.1) is 22.7 Å². The van der Waals surface area contributed by atoms with Gasteiger partial charge in [0, 0.05) is 12.8 Å². The predicted molar refractivity (Wildman–Crippen MR) is 105 cm³/mol. The van der Waals surface area contributed by atoms with Crippen molar-refractivity contribution in [3.8, 4) is 0 Å². The van der Waals surface area contributed by atoms with Crippen LogP contribution in [0.15, 0.2) is 12.2 Å². The van der Waals surface area contributed by atoms with Gasteiger partial charge in [0.15, 0.2) is 5.78 Å². The Hall–Kier alpha value is -0.670. The Morgan fingerprint density at radius 2 is 1.85 bits per heavy atom. The van der Waals surface area contributed by atoms with Crippen molar-refractivity contribution in [2.24, 2.45) is 22.7 Å². The lowest BCUT2D eigenvalue weighted by atomic mass is 9.43. The molecule has 0 aromatic rings. The Morgan fingerprint density at radius 3 is 2.50 bits per heavy atom. The minimum Gasteiger partial charge on any atom is -0.393 e. The molecule has 148 valence electrons. The average molecular weight is 363 g/mol. The summed E-state index contributed by atoms with van der Waals surface area (Å²) in [6.45, 7) is 13.3. The van der Waals surface area contributed by atoms with Crippen LogP contribution in [0.3, 0.4) is 0 Å². The molecule has 1 heterocycles. The van der Waals surface area contributed by atoms with Crippen LogP contribution < -0.4 is 0 Å². The van der Waals surface area contributed by atoms with Gasteiger partial charge in [-0.05, 0) is 74.3 Å². The van der Waals surface area contributed by atoms with Crippen LogP contribution in [0.25, 0.3) is 0 Å². The molecule has 0 aromatic heterocycles. The fourth-order valence-electron chi connectivity index (χ4n) is 7.12. The SMILES string of the molecule is CCC(=O)/C=C/[C@@]1(C)CC[C@H]2[C@@]3(C)CCCC(C)(C)[C@H]3[C@@H](O)C[C@@]2(C)O1. The zero-order valence-electron chi connectivity index (χ0n) is 17.6. The molecular formula is C23H38O3. The average Bonchev–Trinajstić information content (AvgIpc) is 2.50. The molecule has 3 heteroatoms. The molecule has 0 amide bonds. The van der Waals surface area contributed by atoms with Crippen LogP contribution in [0.2, 0.25) is 0 Å². The van der Waals surface area contributed by atoms with Gasteiger partial charge in [-0.15, -0.1) is 0 Å².